The maximum absolute atomic E-state index is 9.07. The van der Waals surface area contributed by atoms with E-state index >= 15 is 0 Å². The van der Waals surface area contributed by atoms with Gasteiger partial charge in [-0.3, -0.25) is 4.90 Å². The molecule has 0 bridgehead atoms. The number of aliphatic hydroxyl groups is 2. The molecule has 1 aliphatic heterocycles. The highest BCUT2D eigenvalue weighted by Gasteiger charge is 2.09. The lowest BCUT2D eigenvalue weighted by Crippen LogP contribution is -2.38. The van der Waals surface area contributed by atoms with Gasteiger partial charge in [0, 0.05) is 19.6 Å². The van der Waals surface area contributed by atoms with Crippen LogP contribution in [0.1, 0.15) is 6.42 Å². The quantitative estimate of drug-likeness (QED) is 0.461. The third-order valence-corrected chi connectivity index (χ3v) is 2.52. The van der Waals surface area contributed by atoms with E-state index in [2.05, 4.69) is 10.2 Å². The smallest absolute Gasteiger partial charge is 0.0894 e. The largest absolute Gasteiger partial charge is 0.394 e. The number of hydrogen-bond acceptors (Lipinski definition) is 5. The SMILES string of the molecule is OCC(O)CNCCCN1CCOCC1. The van der Waals surface area contributed by atoms with Crippen molar-refractivity contribution in [3.63, 3.8) is 0 Å². The lowest BCUT2D eigenvalue weighted by molar-refractivity contribution is 0.0372. The van der Waals surface area contributed by atoms with Crippen LogP contribution in [0.4, 0.5) is 0 Å². The second-order valence-electron chi connectivity index (χ2n) is 3.85. The summed E-state index contributed by atoms with van der Waals surface area (Å²) in [5, 5.41) is 20.8. The van der Waals surface area contributed by atoms with Gasteiger partial charge >= 0.3 is 0 Å². The van der Waals surface area contributed by atoms with Gasteiger partial charge in [-0.15, -0.1) is 0 Å². The molecule has 0 aromatic heterocycles. The Balaban J connectivity index is 1.87. The van der Waals surface area contributed by atoms with E-state index in [0.29, 0.717) is 6.54 Å². The Bertz CT molecular complexity index is 152. The molecule has 1 unspecified atom stereocenters. The molecular formula is C10H22N2O3. The van der Waals surface area contributed by atoms with Gasteiger partial charge in [0.25, 0.3) is 0 Å². The van der Waals surface area contributed by atoms with Crippen molar-refractivity contribution >= 4 is 0 Å². The molecule has 3 N–H and O–H groups in total. The minimum Gasteiger partial charge on any atom is -0.394 e. The van der Waals surface area contributed by atoms with Crippen molar-refractivity contribution < 1.29 is 14.9 Å². The first-order valence-corrected chi connectivity index (χ1v) is 5.62. The summed E-state index contributed by atoms with van der Waals surface area (Å²) >= 11 is 0. The maximum Gasteiger partial charge on any atom is 0.0894 e. The van der Waals surface area contributed by atoms with Gasteiger partial charge in [0.1, 0.15) is 0 Å². The van der Waals surface area contributed by atoms with Crippen molar-refractivity contribution in [1.82, 2.24) is 10.2 Å². The van der Waals surface area contributed by atoms with E-state index in [9.17, 15) is 0 Å². The van der Waals surface area contributed by atoms with Crippen LogP contribution in [0.3, 0.4) is 0 Å². The molecule has 1 fully saturated rings. The van der Waals surface area contributed by atoms with Crippen molar-refractivity contribution in [2.75, 3.05) is 52.5 Å². The molecule has 0 aromatic rings. The topological polar surface area (TPSA) is 65.0 Å². The highest BCUT2D eigenvalue weighted by atomic mass is 16.5. The fourth-order valence-corrected chi connectivity index (χ4v) is 1.59. The average molecular weight is 218 g/mol. The van der Waals surface area contributed by atoms with Crippen LogP contribution in [-0.2, 0) is 4.74 Å². The molecular weight excluding hydrogens is 196 g/mol. The van der Waals surface area contributed by atoms with Crippen molar-refractivity contribution in [2.45, 2.75) is 12.5 Å². The summed E-state index contributed by atoms with van der Waals surface area (Å²) in [6, 6.07) is 0. The van der Waals surface area contributed by atoms with Crippen LogP contribution < -0.4 is 5.32 Å². The van der Waals surface area contributed by atoms with Crippen LogP contribution in [0.5, 0.6) is 0 Å². The van der Waals surface area contributed by atoms with Gasteiger partial charge in [0.05, 0.1) is 25.9 Å². The summed E-state index contributed by atoms with van der Waals surface area (Å²) < 4.78 is 5.26. The molecule has 1 rings (SSSR count). The predicted molar refractivity (Wildman–Crippen MR) is 57.8 cm³/mol. The second kappa shape index (κ2) is 8.01. The first-order chi connectivity index (χ1) is 7.33. The molecule has 0 aliphatic carbocycles. The third kappa shape index (κ3) is 6.06. The molecule has 15 heavy (non-hydrogen) atoms. The molecule has 1 heterocycles. The van der Waals surface area contributed by atoms with E-state index in [4.69, 9.17) is 14.9 Å². The van der Waals surface area contributed by atoms with Gasteiger partial charge in [-0.2, -0.15) is 0 Å². The van der Waals surface area contributed by atoms with Crippen molar-refractivity contribution in [3.05, 3.63) is 0 Å². The Morgan fingerprint density at radius 3 is 2.73 bits per heavy atom. The highest BCUT2D eigenvalue weighted by Crippen LogP contribution is 1.97. The number of nitrogens with zero attached hydrogens (tertiary/aromatic N) is 1. The summed E-state index contributed by atoms with van der Waals surface area (Å²) in [4.78, 5) is 2.38. The summed E-state index contributed by atoms with van der Waals surface area (Å²) in [7, 11) is 0. The molecule has 0 radical (unpaired) electrons. The van der Waals surface area contributed by atoms with Gasteiger partial charge in [0.2, 0.25) is 0 Å². The van der Waals surface area contributed by atoms with Gasteiger partial charge in [-0.1, -0.05) is 0 Å². The van der Waals surface area contributed by atoms with Crippen LogP contribution in [-0.4, -0.2) is 73.8 Å². The molecule has 0 aromatic carbocycles. The summed E-state index contributed by atoms with van der Waals surface area (Å²) in [6.45, 7) is 6.00. The van der Waals surface area contributed by atoms with Gasteiger partial charge in [0.15, 0.2) is 0 Å². The van der Waals surface area contributed by atoms with Crippen LogP contribution in [0, 0.1) is 0 Å². The molecule has 0 saturated carbocycles. The number of nitrogens with one attached hydrogen (secondary N) is 1. The standard InChI is InChI=1S/C10H22N2O3/c13-9-10(14)8-11-2-1-3-12-4-6-15-7-5-12/h10-11,13-14H,1-9H2. The number of rotatable bonds is 7. The molecule has 0 amide bonds. The highest BCUT2D eigenvalue weighted by molar-refractivity contribution is 4.63. The number of ether oxygens (including phenoxy) is 1. The second-order valence-corrected chi connectivity index (χ2v) is 3.85. The normalized spacial score (nSPS) is 20.4. The zero-order chi connectivity index (χ0) is 10.9. The predicted octanol–water partition coefficient (Wildman–Crippen LogP) is -1.35. The van der Waals surface area contributed by atoms with Crippen molar-refractivity contribution in [2.24, 2.45) is 0 Å². The van der Waals surface area contributed by atoms with E-state index < -0.39 is 6.10 Å². The molecule has 90 valence electrons. The molecule has 5 heteroatoms. The van der Waals surface area contributed by atoms with Crippen molar-refractivity contribution in [3.8, 4) is 0 Å². The summed E-state index contributed by atoms with van der Waals surface area (Å²) in [6.07, 6.45) is 0.436. The first kappa shape index (κ1) is 12.9. The molecule has 0 spiro atoms. The van der Waals surface area contributed by atoms with Gasteiger partial charge < -0.3 is 20.3 Å². The van der Waals surface area contributed by atoms with E-state index in [1.807, 2.05) is 0 Å². The third-order valence-electron chi connectivity index (χ3n) is 2.52. The Morgan fingerprint density at radius 1 is 1.33 bits per heavy atom. The average Bonchev–Trinajstić information content (AvgIpc) is 2.29. The molecule has 1 saturated heterocycles. The van der Waals surface area contributed by atoms with Crippen LogP contribution >= 0.6 is 0 Å². The van der Waals surface area contributed by atoms with Crippen molar-refractivity contribution in [1.29, 1.82) is 0 Å². The summed E-state index contributed by atoms with van der Waals surface area (Å²) in [5.41, 5.74) is 0. The van der Waals surface area contributed by atoms with E-state index in [1.165, 1.54) is 0 Å². The van der Waals surface area contributed by atoms with Crippen LogP contribution in [0.2, 0.25) is 0 Å². The fraction of sp³-hybridized carbons (Fsp3) is 1.00. The minimum atomic E-state index is -0.631. The molecule has 1 atom stereocenters. The minimum absolute atomic E-state index is 0.170. The molecule has 5 nitrogen and oxygen atoms in total. The molecule has 1 aliphatic rings. The van der Waals surface area contributed by atoms with Crippen LogP contribution in [0.25, 0.3) is 0 Å². The zero-order valence-electron chi connectivity index (χ0n) is 9.19. The lowest BCUT2D eigenvalue weighted by atomic mass is 10.3. The summed E-state index contributed by atoms with van der Waals surface area (Å²) in [5.74, 6) is 0. The number of aliphatic hydroxyl groups excluding tert-OH is 2. The number of morpholine rings is 1. The maximum atomic E-state index is 9.07. The number of hydrogen-bond donors (Lipinski definition) is 3. The van der Waals surface area contributed by atoms with E-state index in [1.54, 1.807) is 0 Å². The first-order valence-electron chi connectivity index (χ1n) is 5.62. The monoisotopic (exact) mass is 218 g/mol. The fourth-order valence-electron chi connectivity index (χ4n) is 1.59. The zero-order valence-corrected chi connectivity index (χ0v) is 9.19. The van der Waals surface area contributed by atoms with Crippen LogP contribution in [0.15, 0.2) is 0 Å². The van der Waals surface area contributed by atoms with E-state index in [-0.39, 0.29) is 6.61 Å². The Labute approximate surface area is 91.0 Å². The Kier molecular flexibility index (Phi) is 6.87. The Morgan fingerprint density at radius 2 is 2.07 bits per heavy atom. The Hall–Kier alpha value is -0.200. The van der Waals surface area contributed by atoms with E-state index in [0.717, 1.165) is 45.8 Å². The van der Waals surface area contributed by atoms with Gasteiger partial charge in [-0.25, -0.2) is 0 Å². The lowest BCUT2D eigenvalue weighted by Gasteiger charge is -2.26. The van der Waals surface area contributed by atoms with Gasteiger partial charge in [-0.05, 0) is 19.5 Å².